The van der Waals surface area contributed by atoms with Gasteiger partial charge in [0.2, 0.25) is 5.91 Å². The topological polar surface area (TPSA) is 72.2 Å². The number of hydrogen-bond acceptors (Lipinski definition) is 2. The summed E-state index contributed by atoms with van der Waals surface area (Å²) in [5.74, 6) is -1.09. The van der Waals surface area contributed by atoms with E-state index in [9.17, 15) is 22.8 Å². The van der Waals surface area contributed by atoms with E-state index in [2.05, 4.69) is 5.32 Å². The third-order valence-corrected chi connectivity index (χ3v) is 3.14. The molecular formula is C16H13F3N2O2. The molecule has 0 saturated heterocycles. The monoisotopic (exact) mass is 322 g/mol. The number of alkyl halides is 3. The zero-order valence-corrected chi connectivity index (χ0v) is 11.9. The highest BCUT2D eigenvalue weighted by Gasteiger charge is 2.30. The minimum Gasteiger partial charge on any atom is -0.366 e. The Balaban J connectivity index is 2.02. The van der Waals surface area contributed by atoms with Crippen LogP contribution in [0.15, 0.2) is 48.5 Å². The number of nitrogens with two attached hydrogens (primary N) is 1. The van der Waals surface area contributed by atoms with E-state index < -0.39 is 23.6 Å². The van der Waals surface area contributed by atoms with Crippen LogP contribution >= 0.6 is 0 Å². The SMILES string of the molecule is NC(=O)c1cccc(CNC(=O)c2ccc(C(F)(F)F)cc2)c1. The van der Waals surface area contributed by atoms with Crippen molar-refractivity contribution in [3.05, 3.63) is 70.8 Å². The third kappa shape index (κ3) is 4.32. The van der Waals surface area contributed by atoms with Gasteiger partial charge in [-0.15, -0.1) is 0 Å². The molecule has 2 aromatic carbocycles. The summed E-state index contributed by atoms with van der Waals surface area (Å²) in [5, 5.41) is 2.57. The summed E-state index contributed by atoms with van der Waals surface area (Å²) >= 11 is 0. The lowest BCUT2D eigenvalue weighted by molar-refractivity contribution is -0.137. The normalized spacial score (nSPS) is 11.1. The van der Waals surface area contributed by atoms with Gasteiger partial charge in [0.05, 0.1) is 5.56 Å². The number of primary amides is 1. The van der Waals surface area contributed by atoms with Crippen LogP contribution in [0.4, 0.5) is 13.2 Å². The Morgan fingerprint density at radius 3 is 2.22 bits per heavy atom. The standard InChI is InChI=1S/C16H13F3N2O2/c17-16(18,19)13-6-4-11(5-7-13)15(23)21-9-10-2-1-3-12(8-10)14(20)22/h1-8H,9H2,(H2,20,22)(H,21,23). The second-order valence-corrected chi connectivity index (χ2v) is 4.82. The van der Waals surface area contributed by atoms with E-state index >= 15 is 0 Å². The highest BCUT2D eigenvalue weighted by Crippen LogP contribution is 2.29. The highest BCUT2D eigenvalue weighted by atomic mass is 19.4. The number of amides is 2. The van der Waals surface area contributed by atoms with Gasteiger partial charge in [-0.3, -0.25) is 9.59 Å². The largest absolute Gasteiger partial charge is 0.416 e. The second-order valence-electron chi connectivity index (χ2n) is 4.82. The third-order valence-electron chi connectivity index (χ3n) is 3.14. The number of carbonyl (C=O) groups excluding carboxylic acids is 2. The molecular weight excluding hydrogens is 309 g/mol. The second kappa shape index (κ2) is 6.51. The first-order valence-corrected chi connectivity index (χ1v) is 6.61. The van der Waals surface area contributed by atoms with Crippen molar-refractivity contribution in [2.75, 3.05) is 0 Å². The van der Waals surface area contributed by atoms with Gasteiger partial charge in [0.25, 0.3) is 5.91 Å². The van der Waals surface area contributed by atoms with Crippen molar-refractivity contribution >= 4 is 11.8 Å². The van der Waals surface area contributed by atoms with Crippen LogP contribution in [0, 0.1) is 0 Å². The fourth-order valence-electron chi connectivity index (χ4n) is 1.93. The summed E-state index contributed by atoms with van der Waals surface area (Å²) in [4.78, 5) is 23.0. The van der Waals surface area contributed by atoms with Gasteiger partial charge >= 0.3 is 6.18 Å². The van der Waals surface area contributed by atoms with Crippen LogP contribution in [0.1, 0.15) is 31.8 Å². The van der Waals surface area contributed by atoms with Crippen LogP contribution in [0.5, 0.6) is 0 Å². The number of rotatable bonds is 4. The average molecular weight is 322 g/mol. The summed E-state index contributed by atoms with van der Waals surface area (Å²) in [6.45, 7) is 0.126. The molecule has 2 aromatic rings. The van der Waals surface area contributed by atoms with E-state index in [1.807, 2.05) is 0 Å². The number of nitrogens with one attached hydrogen (secondary N) is 1. The molecule has 0 bridgehead atoms. The molecule has 0 unspecified atom stereocenters. The minimum absolute atomic E-state index is 0.115. The Morgan fingerprint density at radius 2 is 1.65 bits per heavy atom. The zero-order valence-electron chi connectivity index (χ0n) is 11.9. The van der Waals surface area contributed by atoms with E-state index in [1.165, 1.54) is 6.07 Å². The van der Waals surface area contributed by atoms with Crippen molar-refractivity contribution in [2.45, 2.75) is 12.7 Å². The molecule has 0 spiro atoms. The zero-order chi connectivity index (χ0) is 17.0. The fourth-order valence-corrected chi connectivity index (χ4v) is 1.93. The van der Waals surface area contributed by atoms with Crippen LogP contribution in [0.25, 0.3) is 0 Å². The quantitative estimate of drug-likeness (QED) is 0.908. The average Bonchev–Trinajstić information content (AvgIpc) is 2.52. The van der Waals surface area contributed by atoms with Crippen molar-refractivity contribution < 1.29 is 22.8 Å². The predicted octanol–water partition coefficient (Wildman–Crippen LogP) is 2.73. The van der Waals surface area contributed by atoms with Crippen LogP contribution < -0.4 is 11.1 Å². The van der Waals surface area contributed by atoms with Crippen LogP contribution in [-0.4, -0.2) is 11.8 Å². The molecule has 3 N–H and O–H groups in total. The van der Waals surface area contributed by atoms with Gasteiger partial charge in [0, 0.05) is 17.7 Å². The van der Waals surface area contributed by atoms with Crippen molar-refractivity contribution in [1.29, 1.82) is 0 Å². The first kappa shape index (κ1) is 16.5. The summed E-state index contributed by atoms with van der Waals surface area (Å²) in [6, 6.07) is 10.3. The fraction of sp³-hybridized carbons (Fsp3) is 0.125. The summed E-state index contributed by atoms with van der Waals surface area (Å²) in [6.07, 6.45) is -4.44. The lowest BCUT2D eigenvalue weighted by Crippen LogP contribution is -2.23. The van der Waals surface area contributed by atoms with Gasteiger partial charge in [-0.2, -0.15) is 13.2 Å². The Hall–Kier alpha value is -2.83. The van der Waals surface area contributed by atoms with Gasteiger partial charge in [0.15, 0.2) is 0 Å². The lowest BCUT2D eigenvalue weighted by Gasteiger charge is -2.09. The van der Waals surface area contributed by atoms with Gasteiger partial charge in [-0.05, 0) is 42.0 Å². The molecule has 4 nitrogen and oxygen atoms in total. The molecule has 0 aromatic heterocycles. The molecule has 120 valence electrons. The van der Waals surface area contributed by atoms with Crippen LogP contribution in [-0.2, 0) is 12.7 Å². The maximum Gasteiger partial charge on any atom is 0.416 e. The van der Waals surface area contributed by atoms with Crippen molar-refractivity contribution in [3.63, 3.8) is 0 Å². The van der Waals surface area contributed by atoms with Gasteiger partial charge in [-0.25, -0.2) is 0 Å². The number of halogens is 3. The smallest absolute Gasteiger partial charge is 0.366 e. The minimum atomic E-state index is -4.44. The van der Waals surface area contributed by atoms with Crippen molar-refractivity contribution in [2.24, 2.45) is 5.73 Å². The van der Waals surface area contributed by atoms with Crippen LogP contribution in [0.3, 0.4) is 0 Å². The predicted molar refractivity (Wildman–Crippen MR) is 77.6 cm³/mol. The number of benzene rings is 2. The molecule has 2 amide bonds. The van der Waals surface area contributed by atoms with E-state index in [1.54, 1.807) is 18.2 Å². The Kier molecular flexibility index (Phi) is 4.68. The van der Waals surface area contributed by atoms with Gasteiger partial charge in [-0.1, -0.05) is 12.1 Å². The maximum absolute atomic E-state index is 12.5. The molecule has 0 atom stereocenters. The molecule has 0 aliphatic heterocycles. The molecule has 0 saturated carbocycles. The first-order chi connectivity index (χ1) is 10.8. The molecule has 0 aliphatic rings. The maximum atomic E-state index is 12.5. The van der Waals surface area contributed by atoms with E-state index in [-0.39, 0.29) is 12.1 Å². The lowest BCUT2D eigenvalue weighted by atomic mass is 10.1. The van der Waals surface area contributed by atoms with Crippen molar-refractivity contribution in [3.8, 4) is 0 Å². The van der Waals surface area contributed by atoms with Crippen molar-refractivity contribution in [1.82, 2.24) is 5.32 Å². The summed E-state index contributed by atoms with van der Waals surface area (Å²) < 4.78 is 37.4. The molecule has 0 radical (unpaired) electrons. The number of carbonyl (C=O) groups is 2. The molecule has 0 aliphatic carbocycles. The molecule has 2 rings (SSSR count). The van der Waals surface area contributed by atoms with E-state index in [0.717, 1.165) is 24.3 Å². The summed E-state index contributed by atoms with van der Waals surface area (Å²) in [7, 11) is 0. The summed E-state index contributed by atoms with van der Waals surface area (Å²) in [5.41, 5.74) is 5.42. The van der Waals surface area contributed by atoms with E-state index in [4.69, 9.17) is 5.73 Å². The van der Waals surface area contributed by atoms with E-state index in [0.29, 0.717) is 11.1 Å². The highest BCUT2D eigenvalue weighted by molar-refractivity contribution is 5.94. The van der Waals surface area contributed by atoms with Gasteiger partial charge < -0.3 is 11.1 Å². The molecule has 0 fully saturated rings. The Morgan fingerprint density at radius 1 is 1.00 bits per heavy atom. The Labute approximate surface area is 130 Å². The molecule has 7 heteroatoms. The van der Waals surface area contributed by atoms with Gasteiger partial charge in [0.1, 0.15) is 0 Å². The molecule has 23 heavy (non-hydrogen) atoms. The Bertz CT molecular complexity index is 725. The van der Waals surface area contributed by atoms with Crippen LogP contribution in [0.2, 0.25) is 0 Å². The molecule has 0 heterocycles. The number of hydrogen-bond donors (Lipinski definition) is 2. The first-order valence-electron chi connectivity index (χ1n) is 6.61.